The Morgan fingerprint density at radius 3 is 2.82 bits per heavy atom. The maximum Gasteiger partial charge on any atom is 0.420 e. The third kappa shape index (κ3) is 2.87. The highest BCUT2D eigenvalue weighted by Crippen LogP contribution is 2.21. The Kier molecular flexibility index (Phi) is 3.48. The number of fused-ring (bicyclic) bond motifs is 1. The molecule has 9 heteroatoms. The van der Waals surface area contributed by atoms with Crippen molar-refractivity contribution in [3.8, 4) is 0 Å². The molecule has 0 fully saturated rings. The third-order valence-electron chi connectivity index (χ3n) is 3.08. The van der Waals surface area contributed by atoms with Crippen LogP contribution < -0.4 is 5.76 Å². The van der Waals surface area contributed by atoms with E-state index in [1.54, 1.807) is 12.1 Å². The molecule has 0 aliphatic carbocycles. The first-order valence-corrected chi connectivity index (χ1v) is 6.57. The summed E-state index contributed by atoms with van der Waals surface area (Å²) in [5.74, 6) is -0.573. The molecule has 116 valence electrons. The van der Waals surface area contributed by atoms with Crippen LogP contribution >= 0.6 is 11.6 Å². The van der Waals surface area contributed by atoms with Crippen LogP contribution in [0.2, 0.25) is 5.02 Å². The van der Waals surface area contributed by atoms with Gasteiger partial charge in [-0.05, 0) is 12.1 Å². The molecule has 0 bridgehead atoms. The van der Waals surface area contributed by atoms with Gasteiger partial charge in [0.2, 0.25) is 0 Å². The minimum Gasteiger partial charge on any atom is -0.408 e. The predicted octanol–water partition coefficient (Wildman–Crippen LogP) is 3.06. The minimum atomic E-state index is -4.37. The van der Waals surface area contributed by atoms with Crippen molar-refractivity contribution in [2.24, 2.45) is 0 Å². The quantitative estimate of drug-likeness (QED) is 0.741. The van der Waals surface area contributed by atoms with E-state index in [9.17, 15) is 18.0 Å². The molecule has 2 heterocycles. The maximum absolute atomic E-state index is 12.5. The number of aromatic nitrogens is 3. The molecule has 0 N–H and O–H groups in total. The molecule has 0 amide bonds. The number of oxazole rings is 1. The van der Waals surface area contributed by atoms with Crippen LogP contribution in [0, 0.1) is 0 Å². The maximum atomic E-state index is 12.5. The first kappa shape index (κ1) is 14.7. The molecule has 0 saturated heterocycles. The fourth-order valence-electron chi connectivity index (χ4n) is 2.16. The molecular weight excluding hydrogens is 323 g/mol. The van der Waals surface area contributed by atoms with Gasteiger partial charge in [0.05, 0.1) is 12.1 Å². The van der Waals surface area contributed by atoms with Crippen LogP contribution in [0.1, 0.15) is 5.82 Å². The Labute approximate surface area is 126 Å². The van der Waals surface area contributed by atoms with Gasteiger partial charge in [-0.1, -0.05) is 11.6 Å². The summed E-state index contributed by atoms with van der Waals surface area (Å²) in [6.07, 6.45) is -1.90. The summed E-state index contributed by atoms with van der Waals surface area (Å²) in [6.45, 7) is -1.30. The smallest absolute Gasteiger partial charge is 0.408 e. The number of alkyl halides is 3. The van der Waals surface area contributed by atoms with Gasteiger partial charge in [0.1, 0.15) is 12.4 Å². The van der Waals surface area contributed by atoms with Crippen molar-refractivity contribution < 1.29 is 17.6 Å². The lowest BCUT2D eigenvalue weighted by Gasteiger charge is -2.10. The van der Waals surface area contributed by atoms with E-state index in [0.29, 0.717) is 10.5 Å². The van der Waals surface area contributed by atoms with E-state index in [-0.39, 0.29) is 18.0 Å². The van der Waals surface area contributed by atoms with Crippen LogP contribution in [0.3, 0.4) is 0 Å². The highest BCUT2D eigenvalue weighted by Gasteiger charge is 2.29. The van der Waals surface area contributed by atoms with Crippen LogP contribution in [-0.2, 0) is 13.1 Å². The predicted molar refractivity (Wildman–Crippen MR) is 72.9 cm³/mol. The highest BCUT2D eigenvalue weighted by atomic mass is 35.5. The van der Waals surface area contributed by atoms with E-state index in [0.717, 1.165) is 4.57 Å². The zero-order chi connectivity index (χ0) is 15.9. The number of hydrogen-bond acceptors (Lipinski definition) is 3. The summed E-state index contributed by atoms with van der Waals surface area (Å²) in [5, 5.41) is 0.395. The Bertz CT molecular complexity index is 879. The van der Waals surface area contributed by atoms with Crippen LogP contribution in [-0.4, -0.2) is 20.3 Å². The fourth-order valence-corrected chi connectivity index (χ4v) is 2.32. The van der Waals surface area contributed by atoms with Gasteiger partial charge >= 0.3 is 11.9 Å². The topological polar surface area (TPSA) is 53.0 Å². The van der Waals surface area contributed by atoms with E-state index < -0.39 is 18.5 Å². The fraction of sp³-hybridized carbons (Fsp3) is 0.231. The van der Waals surface area contributed by atoms with Crippen molar-refractivity contribution in [2.45, 2.75) is 19.3 Å². The Morgan fingerprint density at radius 2 is 2.09 bits per heavy atom. The molecule has 5 nitrogen and oxygen atoms in total. The Balaban J connectivity index is 1.99. The molecule has 2 aromatic heterocycles. The normalized spacial score (nSPS) is 12.2. The average molecular weight is 332 g/mol. The molecule has 0 saturated carbocycles. The van der Waals surface area contributed by atoms with Gasteiger partial charge in [-0.15, -0.1) is 0 Å². The number of benzene rings is 1. The zero-order valence-corrected chi connectivity index (χ0v) is 11.7. The number of halogens is 4. The van der Waals surface area contributed by atoms with Gasteiger partial charge in [-0.3, -0.25) is 4.57 Å². The van der Waals surface area contributed by atoms with Crippen molar-refractivity contribution in [2.75, 3.05) is 0 Å². The Hall–Kier alpha value is -2.22. The van der Waals surface area contributed by atoms with Crippen molar-refractivity contribution in [1.82, 2.24) is 14.1 Å². The van der Waals surface area contributed by atoms with Crippen molar-refractivity contribution in [1.29, 1.82) is 0 Å². The van der Waals surface area contributed by atoms with Crippen LogP contribution in [0.25, 0.3) is 11.1 Å². The first-order chi connectivity index (χ1) is 10.3. The lowest BCUT2D eigenvalue weighted by Crippen LogP contribution is -2.22. The van der Waals surface area contributed by atoms with Gasteiger partial charge in [0.15, 0.2) is 5.58 Å². The van der Waals surface area contributed by atoms with Crippen LogP contribution in [0.4, 0.5) is 13.2 Å². The monoisotopic (exact) mass is 331 g/mol. The van der Waals surface area contributed by atoms with Crippen LogP contribution in [0.15, 0.2) is 39.8 Å². The molecule has 0 unspecified atom stereocenters. The first-order valence-electron chi connectivity index (χ1n) is 6.19. The minimum absolute atomic E-state index is 0.108. The molecule has 0 atom stereocenters. The number of imidazole rings is 1. The van der Waals surface area contributed by atoms with Gasteiger partial charge in [-0.25, -0.2) is 9.78 Å². The van der Waals surface area contributed by atoms with Gasteiger partial charge < -0.3 is 8.98 Å². The molecular formula is C13H9ClF3N3O2. The van der Waals surface area contributed by atoms with Gasteiger partial charge in [0.25, 0.3) is 0 Å². The highest BCUT2D eigenvalue weighted by molar-refractivity contribution is 6.31. The molecule has 0 spiro atoms. The second-order valence-electron chi connectivity index (χ2n) is 4.65. The molecule has 0 aliphatic rings. The van der Waals surface area contributed by atoms with Crippen molar-refractivity contribution in [3.63, 3.8) is 0 Å². The zero-order valence-electron chi connectivity index (χ0n) is 11.0. The largest absolute Gasteiger partial charge is 0.420 e. The summed E-state index contributed by atoms with van der Waals surface area (Å²) in [6, 6.07) is 4.61. The van der Waals surface area contributed by atoms with Gasteiger partial charge in [0, 0.05) is 23.5 Å². The summed E-state index contributed by atoms with van der Waals surface area (Å²) in [4.78, 5) is 15.7. The molecule has 3 aromatic rings. The van der Waals surface area contributed by atoms with E-state index >= 15 is 0 Å². The van der Waals surface area contributed by atoms with E-state index in [1.165, 1.54) is 23.0 Å². The second kappa shape index (κ2) is 5.20. The Morgan fingerprint density at radius 1 is 1.32 bits per heavy atom. The third-order valence-corrected chi connectivity index (χ3v) is 3.32. The van der Waals surface area contributed by atoms with Crippen LogP contribution in [0.5, 0.6) is 0 Å². The molecule has 22 heavy (non-hydrogen) atoms. The molecule has 1 aromatic carbocycles. The summed E-state index contributed by atoms with van der Waals surface area (Å²) < 4.78 is 44.7. The molecule has 0 aliphatic heterocycles. The van der Waals surface area contributed by atoms with E-state index in [2.05, 4.69) is 4.98 Å². The van der Waals surface area contributed by atoms with Crippen molar-refractivity contribution in [3.05, 3.63) is 52.0 Å². The summed E-state index contributed by atoms with van der Waals surface area (Å²) in [7, 11) is 0. The number of nitrogens with zero attached hydrogens (tertiary/aromatic N) is 3. The number of rotatable bonds is 3. The summed E-state index contributed by atoms with van der Waals surface area (Å²) >= 11 is 5.81. The standard InChI is InChI=1S/C13H9ClF3N3O2/c14-8-1-2-9-10(5-8)22-12(21)20(9)6-11-18-3-4-19(11)7-13(15,16)17/h1-5H,6-7H2. The SMILES string of the molecule is O=c1oc2cc(Cl)ccc2n1Cc1nccn1CC(F)(F)F. The average Bonchev–Trinajstić information content (AvgIpc) is 2.93. The van der Waals surface area contributed by atoms with E-state index in [1.807, 2.05) is 0 Å². The molecule has 0 radical (unpaired) electrons. The lowest BCUT2D eigenvalue weighted by atomic mass is 10.3. The number of hydrogen-bond donors (Lipinski definition) is 0. The van der Waals surface area contributed by atoms with Crippen molar-refractivity contribution >= 4 is 22.7 Å². The van der Waals surface area contributed by atoms with Gasteiger partial charge in [-0.2, -0.15) is 13.2 Å². The lowest BCUT2D eigenvalue weighted by molar-refractivity contribution is -0.141. The second-order valence-corrected chi connectivity index (χ2v) is 5.09. The van der Waals surface area contributed by atoms with E-state index in [4.69, 9.17) is 16.0 Å². The summed E-state index contributed by atoms with van der Waals surface area (Å²) in [5.41, 5.74) is 0.711. The molecule has 3 rings (SSSR count).